The molecular formula is C21H23N4O4+. The van der Waals surface area contributed by atoms with Crippen molar-refractivity contribution < 1.29 is 18.7 Å². The van der Waals surface area contributed by atoms with Gasteiger partial charge in [-0.2, -0.15) is 0 Å². The first-order chi connectivity index (χ1) is 14.2. The van der Waals surface area contributed by atoms with Gasteiger partial charge in [-0.05, 0) is 27.6 Å². The van der Waals surface area contributed by atoms with Gasteiger partial charge in [0.05, 0.1) is 7.11 Å². The molecule has 4 rings (SSSR count). The third-order valence-corrected chi connectivity index (χ3v) is 5.09. The van der Waals surface area contributed by atoms with E-state index in [1.54, 1.807) is 36.3 Å². The van der Waals surface area contributed by atoms with Gasteiger partial charge in [-0.3, -0.25) is 14.2 Å². The van der Waals surface area contributed by atoms with Crippen LogP contribution >= 0.6 is 0 Å². The van der Waals surface area contributed by atoms with Gasteiger partial charge in [-0.25, -0.2) is 4.79 Å². The molecule has 1 aliphatic rings. The van der Waals surface area contributed by atoms with Crippen LogP contribution in [0.3, 0.4) is 0 Å². The van der Waals surface area contributed by atoms with Crippen molar-refractivity contribution in [1.29, 1.82) is 0 Å². The van der Waals surface area contributed by atoms with Crippen LogP contribution in [0.5, 0.6) is 5.75 Å². The molecule has 1 N–H and O–H groups in total. The van der Waals surface area contributed by atoms with Crippen molar-refractivity contribution in [3.8, 4) is 11.4 Å². The summed E-state index contributed by atoms with van der Waals surface area (Å²) in [5.74, 6) is 0.345. The van der Waals surface area contributed by atoms with Crippen molar-refractivity contribution in [2.45, 2.75) is 6.54 Å². The minimum Gasteiger partial charge on any atom is -0.497 e. The topological polar surface area (TPSA) is 82.7 Å². The lowest BCUT2D eigenvalue weighted by atomic mass is 10.2. The largest absolute Gasteiger partial charge is 0.497 e. The minimum atomic E-state index is -0.683. The predicted octanol–water partition coefficient (Wildman–Crippen LogP) is 1.21. The quantitative estimate of drug-likeness (QED) is 0.657. The molecule has 8 heteroatoms. The van der Waals surface area contributed by atoms with Crippen LogP contribution in [-0.2, 0) is 6.54 Å². The SMILES string of the molecule is COc1ccc(-[n+]2[nH]oc(=O)c2C(=O)N2CCN(Cc3ccccc3)CC2)cc1. The Morgan fingerprint density at radius 3 is 2.41 bits per heavy atom. The maximum absolute atomic E-state index is 13.0. The lowest BCUT2D eigenvalue weighted by Gasteiger charge is -2.33. The molecule has 1 amide bonds. The number of nitrogens with one attached hydrogen (secondary N) is 1. The van der Waals surface area contributed by atoms with Crippen LogP contribution in [0.1, 0.15) is 16.1 Å². The monoisotopic (exact) mass is 395 g/mol. The number of aromatic nitrogens is 2. The number of methoxy groups -OCH3 is 1. The summed E-state index contributed by atoms with van der Waals surface area (Å²) in [7, 11) is 1.58. The van der Waals surface area contributed by atoms with E-state index in [9.17, 15) is 9.59 Å². The van der Waals surface area contributed by atoms with E-state index >= 15 is 0 Å². The molecule has 2 heterocycles. The molecule has 3 aromatic rings. The van der Waals surface area contributed by atoms with Crippen LogP contribution in [0.4, 0.5) is 0 Å². The molecule has 29 heavy (non-hydrogen) atoms. The summed E-state index contributed by atoms with van der Waals surface area (Å²) in [6.07, 6.45) is 0. The molecule has 0 bridgehead atoms. The number of hydrogen-bond acceptors (Lipinski definition) is 5. The highest BCUT2D eigenvalue weighted by atomic mass is 16.5. The smallest absolute Gasteiger partial charge is 0.441 e. The average Bonchev–Trinajstić information content (AvgIpc) is 3.16. The standard InChI is InChI=1S/C21H22N4O4/c1-28-18-9-7-17(8-10-18)25-19(21(27)29-22-25)20(26)24-13-11-23(12-14-24)15-16-5-3-2-4-6-16/h2-10H,11-15H2,1H3/p+1. The fourth-order valence-electron chi connectivity index (χ4n) is 3.47. The molecule has 1 aliphatic heterocycles. The van der Waals surface area contributed by atoms with Crippen LogP contribution in [0.15, 0.2) is 63.9 Å². The molecule has 1 fully saturated rings. The van der Waals surface area contributed by atoms with Crippen LogP contribution < -0.4 is 15.0 Å². The third-order valence-electron chi connectivity index (χ3n) is 5.09. The number of benzene rings is 2. The lowest BCUT2D eigenvalue weighted by Crippen LogP contribution is -2.52. The van der Waals surface area contributed by atoms with Crippen molar-refractivity contribution in [2.75, 3.05) is 33.3 Å². The van der Waals surface area contributed by atoms with Gasteiger partial charge in [0, 0.05) is 44.9 Å². The highest BCUT2D eigenvalue weighted by molar-refractivity contribution is 5.90. The molecule has 0 aliphatic carbocycles. The average molecular weight is 395 g/mol. The van der Waals surface area contributed by atoms with E-state index in [0.717, 1.165) is 19.6 Å². The first-order valence-corrected chi connectivity index (χ1v) is 9.49. The summed E-state index contributed by atoms with van der Waals surface area (Å²) < 4.78 is 11.4. The maximum Gasteiger partial charge on any atom is 0.441 e. The van der Waals surface area contributed by atoms with Gasteiger partial charge < -0.3 is 9.64 Å². The first kappa shape index (κ1) is 18.9. The Morgan fingerprint density at radius 1 is 1.07 bits per heavy atom. The summed E-state index contributed by atoms with van der Waals surface area (Å²) in [4.78, 5) is 29.3. The van der Waals surface area contributed by atoms with Gasteiger partial charge in [-0.15, -0.1) is 0 Å². The summed E-state index contributed by atoms with van der Waals surface area (Å²) >= 11 is 0. The molecule has 0 saturated carbocycles. The number of piperazine rings is 1. The molecule has 0 unspecified atom stereocenters. The third kappa shape index (κ3) is 4.07. The van der Waals surface area contributed by atoms with E-state index in [0.29, 0.717) is 24.5 Å². The van der Waals surface area contributed by atoms with Crippen LogP contribution in [-0.4, -0.2) is 54.3 Å². The van der Waals surface area contributed by atoms with Gasteiger partial charge in [0.2, 0.25) is 5.69 Å². The number of ether oxygens (including phenoxy) is 1. The van der Waals surface area contributed by atoms with Gasteiger partial charge in [0.1, 0.15) is 5.75 Å². The molecule has 1 aromatic heterocycles. The highest BCUT2D eigenvalue weighted by Gasteiger charge is 2.35. The molecular weight excluding hydrogens is 372 g/mol. The summed E-state index contributed by atoms with van der Waals surface area (Å²) in [5, 5.41) is 2.52. The van der Waals surface area contributed by atoms with Crippen molar-refractivity contribution in [1.82, 2.24) is 15.1 Å². The van der Waals surface area contributed by atoms with Crippen LogP contribution in [0, 0.1) is 0 Å². The maximum atomic E-state index is 13.0. The highest BCUT2D eigenvalue weighted by Crippen LogP contribution is 2.13. The Labute approximate surface area is 167 Å². The number of amides is 1. The van der Waals surface area contributed by atoms with E-state index in [2.05, 4.69) is 22.3 Å². The van der Waals surface area contributed by atoms with Gasteiger partial charge in [-0.1, -0.05) is 30.3 Å². The second kappa shape index (κ2) is 8.32. The first-order valence-electron chi connectivity index (χ1n) is 9.49. The van der Waals surface area contributed by atoms with E-state index in [-0.39, 0.29) is 11.6 Å². The van der Waals surface area contributed by atoms with Gasteiger partial charge in [0.15, 0.2) is 0 Å². The van der Waals surface area contributed by atoms with Crippen LogP contribution in [0.2, 0.25) is 0 Å². The number of hydrogen-bond donors (Lipinski definition) is 1. The van der Waals surface area contributed by atoms with Crippen LogP contribution in [0.25, 0.3) is 5.69 Å². The molecule has 0 radical (unpaired) electrons. The number of carbonyl (C=O) groups excluding carboxylic acids is 1. The fourth-order valence-corrected chi connectivity index (χ4v) is 3.47. The van der Waals surface area contributed by atoms with Crippen molar-refractivity contribution in [3.05, 3.63) is 76.3 Å². The van der Waals surface area contributed by atoms with E-state index in [1.807, 2.05) is 18.2 Å². The molecule has 150 valence electrons. The second-order valence-electron chi connectivity index (χ2n) is 6.92. The molecule has 0 atom stereocenters. The molecule has 0 spiro atoms. The number of rotatable bonds is 5. The van der Waals surface area contributed by atoms with Crippen molar-refractivity contribution >= 4 is 5.91 Å². The van der Waals surface area contributed by atoms with Gasteiger partial charge >= 0.3 is 17.2 Å². The summed E-state index contributed by atoms with van der Waals surface area (Å²) in [5.41, 5.74) is 1.14. The number of aromatic amines is 1. The zero-order valence-electron chi connectivity index (χ0n) is 16.2. The van der Waals surface area contributed by atoms with E-state index in [4.69, 9.17) is 9.26 Å². The zero-order chi connectivity index (χ0) is 20.2. The summed E-state index contributed by atoms with van der Waals surface area (Å²) in [6.45, 7) is 3.46. The van der Waals surface area contributed by atoms with Gasteiger partial charge in [0.25, 0.3) is 0 Å². The Balaban J connectivity index is 1.46. The molecule has 8 nitrogen and oxygen atoms in total. The molecule has 1 saturated heterocycles. The Hall–Kier alpha value is -3.39. The Bertz CT molecular complexity index is 1020. The minimum absolute atomic E-state index is 0.0355. The normalized spacial score (nSPS) is 14.7. The van der Waals surface area contributed by atoms with E-state index < -0.39 is 5.63 Å². The number of H-pyrrole nitrogens is 1. The zero-order valence-corrected chi connectivity index (χ0v) is 16.2. The number of nitrogens with zero attached hydrogens (tertiary/aromatic N) is 3. The Morgan fingerprint density at radius 2 is 1.76 bits per heavy atom. The van der Waals surface area contributed by atoms with E-state index in [1.165, 1.54) is 10.2 Å². The second-order valence-corrected chi connectivity index (χ2v) is 6.92. The fraction of sp³-hybridized carbons (Fsp3) is 0.286. The number of carbonyl (C=O) groups is 1. The van der Waals surface area contributed by atoms with Crippen molar-refractivity contribution in [3.63, 3.8) is 0 Å². The Kier molecular flexibility index (Phi) is 5.44. The predicted molar refractivity (Wildman–Crippen MR) is 105 cm³/mol. The van der Waals surface area contributed by atoms with Crippen molar-refractivity contribution in [2.24, 2.45) is 0 Å². The lowest BCUT2D eigenvalue weighted by molar-refractivity contribution is -0.672. The molecule has 2 aromatic carbocycles. The summed E-state index contributed by atoms with van der Waals surface area (Å²) in [6, 6.07) is 17.3.